The summed E-state index contributed by atoms with van der Waals surface area (Å²) in [5.74, 6) is 1.94. The Balaban J connectivity index is 2.13. The summed E-state index contributed by atoms with van der Waals surface area (Å²) in [5.41, 5.74) is 0.607. The van der Waals surface area contributed by atoms with Gasteiger partial charge in [0, 0.05) is 11.8 Å². The molecule has 0 aliphatic carbocycles. The third-order valence-corrected chi connectivity index (χ3v) is 5.61. The van der Waals surface area contributed by atoms with Gasteiger partial charge in [-0.1, -0.05) is 12.1 Å². The molecule has 6 heteroatoms. The third-order valence-electron chi connectivity index (χ3n) is 2.87. The van der Waals surface area contributed by atoms with E-state index in [1.165, 1.54) is 6.07 Å². The Morgan fingerprint density at radius 3 is 2.94 bits per heavy atom. The van der Waals surface area contributed by atoms with Crippen molar-refractivity contribution in [3.8, 4) is 0 Å². The van der Waals surface area contributed by atoms with Crippen molar-refractivity contribution in [1.82, 2.24) is 4.72 Å². The van der Waals surface area contributed by atoms with Gasteiger partial charge in [0.1, 0.15) is 0 Å². The van der Waals surface area contributed by atoms with Crippen LogP contribution in [0, 0.1) is 0 Å². The molecule has 0 amide bonds. The Morgan fingerprint density at radius 1 is 1.44 bits per heavy atom. The van der Waals surface area contributed by atoms with Crippen LogP contribution in [0.4, 0.5) is 0 Å². The fourth-order valence-electron chi connectivity index (χ4n) is 1.93. The zero-order valence-corrected chi connectivity index (χ0v) is 11.6. The lowest BCUT2D eigenvalue weighted by molar-refractivity contribution is 0.281. The fourth-order valence-corrected chi connectivity index (χ4v) is 4.45. The Hall–Kier alpha value is -0.560. The molecule has 1 aromatic carbocycles. The number of aliphatic hydroxyl groups is 1. The maximum atomic E-state index is 12.2. The van der Waals surface area contributed by atoms with Gasteiger partial charge in [0.15, 0.2) is 0 Å². The average Bonchev–Trinajstić information content (AvgIpc) is 2.39. The van der Waals surface area contributed by atoms with Gasteiger partial charge in [-0.2, -0.15) is 11.8 Å². The Labute approximate surface area is 112 Å². The smallest absolute Gasteiger partial charge is 0.240 e. The highest BCUT2D eigenvalue weighted by molar-refractivity contribution is 7.99. The van der Waals surface area contributed by atoms with E-state index in [0.29, 0.717) is 5.56 Å². The number of rotatable bonds is 4. The second kappa shape index (κ2) is 6.06. The molecule has 1 heterocycles. The van der Waals surface area contributed by atoms with Gasteiger partial charge in [-0.25, -0.2) is 13.1 Å². The normalized spacial score (nSPS) is 20.8. The minimum absolute atomic E-state index is 0.0199. The van der Waals surface area contributed by atoms with Gasteiger partial charge >= 0.3 is 0 Å². The van der Waals surface area contributed by atoms with E-state index in [2.05, 4.69) is 4.72 Å². The molecule has 0 radical (unpaired) electrons. The molecule has 1 aromatic rings. The third kappa shape index (κ3) is 3.47. The van der Waals surface area contributed by atoms with Crippen LogP contribution in [-0.2, 0) is 16.6 Å². The predicted molar refractivity (Wildman–Crippen MR) is 73.0 cm³/mol. The molecule has 0 saturated carbocycles. The van der Waals surface area contributed by atoms with Gasteiger partial charge in [0.25, 0.3) is 0 Å². The second-order valence-electron chi connectivity index (χ2n) is 4.34. The molecule has 18 heavy (non-hydrogen) atoms. The number of hydrogen-bond donors (Lipinski definition) is 2. The highest BCUT2D eigenvalue weighted by Crippen LogP contribution is 2.19. The van der Waals surface area contributed by atoms with Crippen molar-refractivity contribution < 1.29 is 13.5 Å². The molecule has 0 aromatic heterocycles. The van der Waals surface area contributed by atoms with E-state index in [1.807, 2.05) is 0 Å². The highest BCUT2D eigenvalue weighted by atomic mass is 32.2. The number of thioether (sulfide) groups is 1. The first-order valence-electron chi connectivity index (χ1n) is 5.92. The second-order valence-corrected chi connectivity index (χ2v) is 7.20. The lowest BCUT2D eigenvalue weighted by Crippen LogP contribution is -2.38. The van der Waals surface area contributed by atoms with Crippen LogP contribution in [0.3, 0.4) is 0 Å². The lowest BCUT2D eigenvalue weighted by Gasteiger charge is -2.22. The fraction of sp³-hybridized carbons (Fsp3) is 0.500. The summed E-state index contributed by atoms with van der Waals surface area (Å²) in [5, 5.41) is 9.03. The van der Waals surface area contributed by atoms with Crippen LogP contribution in [0.25, 0.3) is 0 Å². The summed E-state index contributed by atoms with van der Waals surface area (Å²) in [6.45, 7) is -0.150. The molecule has 1 fully saturated rings. The van der Waals surface area contributed by atoms with Gasteiger partial charge in [-0.15, -0.1) is 0 Å². The first-order chi connectivity index (χ1) is 8.62. The van der Waals surface area contributed by atoms with Crippen LogP contribution in [0.1, 0.15) is 18.4 Å². The van der Waals surface area contributed by atoms with Crippen LogP contribution in [0.5, 0.6) is 0 Å². The van der Waals surface area contributed by atoms with E-state index in [1.54, 1.807) is 30.0 Å². The van der Waals surface area contributed by atoms with Crippen LogP contribution in [0.2, 0.25) is 0 Å². The highest BCUT2D eigenvalue weighted by Gasteiger charge is 2.22. The largest absolute Gasteiger partial charge is 0.392 e. The van der Waals surface area contributed by atoms with E-state index in [-0.39, 0.29) is 17.5 Å². The monoisotopic (exact) mass is 287 g/mol. The van der Waals surface area contributed by atoms with Crippen molar-refractivity contribution in [1.29, 1.82) is 0 Å². The molecular weight excluding hydrogens is 270 g/mol. The summed E-state index contributed by atoms with van der Waals surface area (Å²) >= 11 is 1.78. The van der Waals surface area contributed by atoms with E-state index in [9.17, 15) is 8.42 Å². The molecule has 1 saturated heterocycles. The number of nitrogens with one attached hydrogen (secondary N) is 1. The molecule has 2 N–H and O–H groups in total. The van der Waals surface area contributed by atoms with Crippen LogP contribution in [-0.4, -0.2) is 31.1 Å². The zero-order valence-electron chi connectivity index (χ0n) is 10.0. The average molecular weight is 287 g/mol. The Bertz CT molecular complexity index is 496. The SMILES string of the molecule is O=S(=O)(NC1CCCSC1)c1cccc(CO)c1. The molecule has 1 aliphatic rings. The summed E-state index contributed by atoms with van der Waals surface area (Å²) in [6, 6.07) is 6.44. The molecule has 4 nitrogen and oxygen atoms in total. The molecule has 1 atom stereocenters. The van der Waals surface area contributed by atoms with Gasteiger partial charge < -0.3 is 5.11 Å². The number of benzene rings is 1. The maximum absolute atomic E-state index is 12.2. The molecule has 1 unspecified atom stereocenters. The van der Waals surface area contributed by atoms with Crippen LogP contribution in [0.15, 0.2) is 29.2 Å². The molecule has 0 spiro atoms. The molecule has 100 valence electrons. The van der Waals surface area contributed by atoms with Gasteiger partial charge in [0.05, 0.1) is 11.5 Å². The minimum Gasteiger partial charge on any atom is -0.392 e. The standard InChI is InChI=1S/C12H17NO3S2/c14-8-10-3-1-5-12(7-10)18(15,16)13-11-4-2-6-17-9-11/h1,3,5,7,11,13-14H,2,4,6,8-9H2. The van der Waals surface area contributed by atoms with E-state index in [0.717, 1.165) is 24.3 Å². The lowest BCUT2D eigenvalue weighted by atomic mass is 10.2. The van der Waals surface area contributed by atoms with Gasteiger partial charge in [0.2, 0.25) is 10.0 Å². The first kappa shape index (κ1) is 13.9. The topological polar surface area (TPSA) is 66.4 Å². The number of hydrogen-bond acceptors (Lipinski definition) is 4. The summed E-state index contributed by atoms with van der Waals surface area (Å²) in [6.07, 6.45) is 1.94. The Kier molecular flexibility index (Phi) is 4.66. The van der Waals surface area contributed by atoms with Crippen LogP contribution >= 0.6 is 11.8 Å². The van der Waals surface area contributed by atoms with Crippen molar-refractivity contribution >= 4 is 21.8 Å². The molecular formula is C12H17NO3S2. The van der Waals surface area contributed by atoms with E-state index in [4.69, 9.17) is 5.11 Å². The maximum Gasteiger partial charge on any atom is 0.240 e. The number of aliphatic hydroxyl groups excluding tert-OH is 1. The summed E-state index contributed by atoms with van der Waals surface area (Å²) in [7, 11) is -3.47. The van der Waals surface area contributed by atoms with Gasteiger partial charge in [-0.05, 0) is 36.3 Å². The van der Waals surface area contributed by atoms with Gasteiger partial charge in [-0.3, -0.25) is 0 Å². The van der Waals surface area contributed by atoms with Crippen molar-refractivity contribution in [2.45, 2.75) is 30.4 Å². The Morgan fingerprint density at radius 2 is 2.28 bits per heavy atom. The van der Waals surface area contributed by atoms with E-state index < -0.39 is 10.0 Å². The zero-order chi connectivity index (χ0) is 13.0. The van der Waals surface area contributed by atoms with Crippen molar-refractivity contribution in [3.05, 3.63) is 29.8 Å². The predicted octanol–water partition coefficient (Wildman–Crippen LogP) is 1.35. The molecule has 1 aliphatic heterocycles. The number of sulfonamides is 1. The van der Waals surface area contributed by atoms with Crippen molar-refractivity contribution in [2.24, 2.45) is 0 Å². The van der Waals surface area contributed by atoms with E-state index >= 15 is 0 Å². The van der Waals surface area contributed by atoms with Crippen molar-refractivity contribution in [3.63, 3.8) is 0 Å². The first-order valence-corrected chi connectivity index (χ1v) is 8.55. The van der Waals surface area contributed by atoms with Crippen LogP contribution < -0.4 is 4.72 Å². The molecule has 2 rings (SSSR count). The van der Waals surface area contributed by atoms with Crippen molar-refractivity contribution in [2.75, 3.05) is 11.5 Å². The molecule has 0 bridgehead atoms. The minimum atomic E-state index is -3.47. The quantitative estimate of drug-likeness (QED) is 0.877. The summed E-state index contributed by atoms with van der Waals surface area (Å²) < 4.78 is 27.1. The summed E-state index contributed by atoms with van der Waals surface area (Å²) in [4.78, 5) is 0.227.